The molecular weight excluding hydrogens is 474 g/mol. The van der Waals surface area contributed by atoms with Crippen LogP contribution in [-0.2, 0) is 0 Å². The minimum absolute atomic E-state index is 0.644. The molecule has 0 aliphatic heterocycles. The number of para-hydroxylation sites is 1. The van der Waals surface area contributed by atoms with Crippen LogP contribution in [0.25, 0.3) is 0 Å². The lowest BCUT2D eigenvalue weighted by Crippen LogP contribution is -2.04. The normalized spacial score (nSPS) is 12.4. The Kier molecular flexibility index (Phi) is 10.3. The highest BCUT2D eigenvalue weighted by molar-refractivity contribution is 14.1. The molecule has 1 unspecified atom stereocenters. The molecule has 0 saturated heterocycles. The summed E-state index contributed by atoms with van der Waals surface area (Å²) >= 11 is 4.86. The maximum absolute atomic E-state index is 5.89. The Bertz CT molecular complexity index is 379. The van der Waals surface area contributed by atoms with Gasteiger partial charge in [-0.1, -0.05) is 60.9 Å². The largest absolute Gasteiger partial charge is 0.492 e. The van der Waals surface area contributed by atoms with Crippen LogP contribution in [0, 0.1) is 3.57 Å². The van der Waals surface area contributed by atoms with Crippen LogP contribution in [0.15, 0.2) is 18.2 Å². The fourth-order valence-corrected chi connectivity index (χ4v) is 3.78. The smallest absolute Gasteiger partial charge is 0.136 e. The molecular formula is C17H26I2O. The summed E-state index contributed by atoms with van der Waals surface area (Å²) in [4.78, 5) is 0. The van der Waals surface area contributed by atoms with E-state index in [-0.39, 0.29) is 0 Å². The maximum atomic E-state index is 5.89. The third-order valence-electron chi connectivity index (χ3n) is 3.65. The van der Waals surface area contributed by atoms with Crippen molar-refractivity contribution in [3.8, 4) is 5.75 Å². The quantitative estimate of drug-likeness (QED) is 0.201. The molecule has 20 heavy (non-hydrogen) atoms. The molecule has 0 fully saturated rings. The van der Waals surface area contributed by atoms with Gasteiger partial charge in [0, 0.05) is 0 Å². The predicted molar refractivity (Wildman–Crippen MR) is 105 cm³/mol. The van der Waals surface area contributed by atoms with Gasteiger partial charge in [0.1, 0.15) is 5.75 Å². The van der Waals surface area contributed by atoms with Crippen molar-refractivity contribution in [1.82, 2.24) is 0 Å². The van der Waals surface area contributed by atoms with Crippen molar-refractivity contribution < 1.29 is 4.74 Å². The fraction of sp³-hybridized carbons (Fsp3) is 0.647. The molecule has 0 N–H and O–H groups in total. The molecule has 1 aromatic rings. The van der Waals surface area contributed by atoms with Gasteiger partial charge in [0.15, 0.2) is 0 Å². The highest BCUT2D eigenvalue weighted by Crippen LogP contribution is 2.36. The summed E-state index contributed by atoms with van der Waals surface area (Å²) in [5, 5.41) is 0. The first-order valence-electron chi connectivity index (χ1n) is 7.71. The van der Waals surface area contributed by atoms with Gasteiger partial charge in [0.2, 0.25) is 0 Å². The summed E-state index contributed by atoms with van der Waals surface area (Å²) < 4.78 is 8.42. The second-order valence-corrected chi connectivity index (χ2v) is 7.33. The van der Waals surface area contributed by atoms with Gasteiger partial charge in [-0.2, -0.15) is 0 Å². The van der Waals surface area contributed by atoms with E-state index in [2.05, 4.69) is 77.2 Å². The van der Waals surface area contributed by atoms with E-state index >= 15 is 0 Å². The monoisotopic (exact) mass is 500 g/mol. The van der Waals surface area contributed by atoms with E-state index in [1.807, 2.05) is 0 Å². The first kappa shape index (κ1) is 18.5. The van der Waals surface area contributed by atoms with E-state index < -0.39 is 0 Å². The van der Waals surface area contributed by atoms with Crippen LogP contribution in [-0.4, -0.2) is 11.0 Å². The number of hydrogen-bond donors (Lipinski definition) is 0. The molecule has 0 aliphatic carbocycles. The molecule has 0 saturated carbocycles. The SMILES string of the molecule is CCOc1c(I)cccc1C(CC)CCCCCCI. The first-order valence-corrected chi connectivity index (χ1v) is 10.3. The van der Waals surface area contributed by atoms with Gasteiger partial charge in [0.05, 0.1) is 10.2 Å². The number of rotatable bonds is 10. The van der Waals surface area contributed by atoms with Gasteiger partial charge in [-0.3, -0.25) is 0 Å². The average molecular weight is 500 g/mol. The summed E-state index contributed by atoms with van der Waals surface area (Å²) in [5.41, 5.74) is 1.41. The Balaban J connectivity index is 2.66. The number of halogens is 2. The van der Waals surface area contributed by atoms with Gasteiger partial charge in [-0.25, -0.2) is 0 Å². The van der Waals surface area contributed by atoms with E-state index in [9.17, 15) is 0 Å². The Hall–Kier alpha value is 0.480. The van der Waals surface area contributed by atoms with Gasteiger partial charge in [-0.15, -0.1) is 0 Å². The van der Waals surface area contributed by atoms with E-state index in [4.69, 9.17) is 4.74 Å². The van der Waals surface area contributed by atoms with Crippen molar-refractivity contribution in [2.24, 2.45) is 0 Å². The third kappa shape index (κ3) is 6.08. The topological polar surface area (TPSA) is 9.23 Å². The van der Waals surface area contributed by atoms with Crippen LogP contribution in [0.2, 0.25) is 0 Å². The van der Waals surface area contributed by atoms with Crippen LogP contribution in [0.3, 0.4) is 0 Å². The molecule has 1 rings (SSSR count). The van der Waals surface area contributed by atoms with Crippen molar-refractivity contribution in [3.05, 3.63) is 27.3 Å². The zero-order chi connectivity index (χ0) is 14.8. The van der Waals surface area contributed by atoms with Crippen molar-refractivity contribution in [1.29, 1.82) is 0 Å². The average Bonchev–Trinajstić information content (AvgIpc) is 2.46. The van der Waals surface area contributed by atoms with Gasteiger partial charge in [-0.05, 0) is 70.8 Å². The second-order valence-electron chi connectivity index (χ2n) is 5.09. The second kappa shape index (κ2) is 11.1. The molecule has 1 atom stereocenters. The summed E-state index contributed by atoms with van der Waals surface area (Å²) in [6.45, 7) is 5.11. The Morgan fingerprint density at radius 3 is 2.50 bits per heavy atom. The minimum atomic E-state index is 0.644. The highest BCUT2D eigenvalue weighted by atomic mass is 127. The Labute approximate surface area is 151 Å². The molecule has 0 amide bonds. The lowest BCUT2D eigenvalue weighted by molar-refractivity contribution is 0.330. The standard InChI is InChI=1S/C17H26I2O/c1-3-14(10-7-5-6-8-13-18)15-11-9-12-16(19)17(15)20-4-2/h9,11-12,14H,3-8,10,13H2,1-2H3. The molecule has 3 heteroatoms. The summed E-state index contributed by atoms with van der Waals surface area (Å²) in [5.74, 6) is 1.76. The van der Waals surface area contributed by atoms with Crippen molar-refractivity contribution >= 4 is 45.2 Å². The number of ether oxygens (including phenoxy) is 1. The molecule has 0 bridgehead atoms. The molecule has 0 radical (unpaired) electrons. The lowest BCUT2D eigenvalue weighted by Gasteiger charge is -2.20. The van der Waals surface area contributed by atoms with Crippen LogP contribution in [0.4, 0.5) is 0 Å². The van der Waals surface area contributed by atoms with E-state index in [0.717, 1.165) is 12.4 Å². The fourth-order valence-electron chi connectivity index (χ4n) is 2.56. The van der Waals surface area contributed by atoms with Gasteiger partial charge in [0.25, 0.3) is 0 Å². The molecule has 114 valence electrons. The lowest BCUT2D eigenvalue weighted by atomic mass is 9.90. The van der Waals surface area contributed by atoms with E-state index in [1.54, 1.807) is 0 Å². The number of benzene rings is 1. The number of unbranched alkanes of at least 4 members (excludes halogenated alkanes) is 3. The van der Waals surface area contributed by atoms with Crippen LogP contribution in [0.5, 0.6) is 5.75 Å². The van der Waals surface area contributed by atoms with Crippen LogP contribution in [0.1, 0.15) is 63.9 Å². The predicted octanol–water partition coefficient (Wildman–Crippen LogP) is 6.57. The van der Waals surface area contributed by atoms with Gasteiger partial charge < -0.3 is 4.74 Å². The number of alkyl halides is 1. The molecule has 0 aliphatic rings. The highest BCUT2D eigenvalue weighted by Gasteiger charge is 2.16. The van der Waals surface area contributed by atoms with Gasteiger partial charge >= 0.3 is 0 Å². The van der Waals surface area contributed by atoms with Crippen LogP contribution >= 0.6 is 45.2 Å². The summed E-state index contributed by atoms with van der Waals surface area (Å²) in [6.07, 6.45) is 7.94. The van der Waals surface area contributed by atoms with Crippen molar-refractivity contribution in [2.45, 2.75) is 58.3 Å². The van der Waals surface area contributed by atoms with E-state index in [0.29, 0.717) is 5.92 Å². The molecule has 0 spiro atoms. The van der Waals surface area contributed by atoms with Crippen LogP contribution < -0.4 is 4.74 Å². The Morgan fingerprint density at radius 2 is 1.85 bits per heavy atom. The molecule has 1 nitrogen and oxygen atoms in total. The Morgan fingerprint density at radius 1 is 1.10 bits per heavy atom. The molecule has 0 heterocycles. The zero-order valence-electron chi connectivity index (χ0n) is 12.6. The summed E-state index contributed by atoms with van der Waals surface area (Å²) in [6, 6.07) is 6.56. The minimum Gasteiger partial charge on any atom is -0.492 e. The zero-order valence-corrected chi connectivity index (χ0v) is 16.9. The third-order valence-corrected chi connectivity index (χ3v) is 5.27. The summed E-state index contributed by atoms with van der Waals surface area (Å²) in [7, 11) is 0. The molecule has 0 aromatic heterocycles. The van der Waals surface area contributed by atoms with Crippen molar-refractivity contribution in [3.63, 3.8) is 0 Å². The van der Waals surface area contributed by atoms with Crippen molar-refractivity contribution in [2.75, 3.05) is 11.0 Å². The molecule has 1 aromatic carbocycles. The van der Waals surface area contributed by atoms with E-state index in [1.165, 1.54) is 52.1 Å². The first-order chi connectivity index (χ1) is 9.74. The maximum Gasteiger partial charge on any atom is 0.136 e. The number of hydrogen-bond acceptors (Lipinski definition) is 1.